The quantitative estimate of drug-likeness (QED) is 0.611. The van der Waals surface area contributed by atoms with Crippen molar-refractivity contribution in [3.8, 4) is 0 Å². The molecule has 3 heteroatoms. The van der Waals surface area contributed by atoms with Gasteiger partial charge in [-0.05, 0) is 41.5 Å². The summed E-state index contributed by atoms with van der Waals surface area (Å²) in [4.78, 5) is 0. The second kappa shape index (κ2) is 7.21. The maximum atomic E-state index is 5.78. The van der Waals surface area contributed by atoms with Crippen LogP contribution >= 0.6 is 15.9 Å². The Bertz CT molecular complexity index is 591. The van der Waals surface area contributed by atoms with E-state index in [0.717, 1.165) is 10.9 Å². The van der Waals surface area contributed by atoms with Crippen LogP contribution in [0.1, 0.15) is 48.1 Å². The van der Waals surface area contributed by atoms with Gasteiger partial charge in [0.25, 0.3) is 0 Å². The summed E-state index contributed by atoms with van der Waals surface area (Å²) in [5, 5.41) is 0. The lowest BCUT2D eigenvalue weighted by Gasteiger charge is -2.19. The van der Waals surface area contributed by atoms with Crippen LogP contribution in [-0.4, -0.2) is 0 Å². The van der Waals surface area contributed by atoms with E-state index in [1.807, 2.05) is 0 Å². The van der Waals surface area contributed by atoms with Gasteiger partial charge >= 0.3 is 0 Å². The molecule has 0 aromatic heterocycles. The van der Waals surface area contributed by atoms with E-state index in [9.17, 15) is 0 Å². The van der Waals surface area contributed by atoms with Crippen LogP contribution < -0.4 is 11.3 Å². The fourth-order valence-corrected chi connectivity index (χ4v) is 3.01. The number of halogens is 1. The third-order valence-corrected chi connectivity index (χ3v) is 4.97. The second-order valence-corrected chi connectivity index (χ2v) is 6.59. The summed E-state index contributed by atoms with van der Waals surface area (Å²) in [5.41, 5.74) is 8.02. The molecule has 0 aliphatic heterocycles. The summed E-state index contributed by atoms with van der Waals surface area (Å²) in [6, 6.07) is 15.2. The van der Waals surface area contributed by atoms with Gasteiger partial charge in [0.05, 0.1) is 6.04 Å². The molecule has 0 aliphatic carbocycles. The highest BCUT2D eigenvalue weighted by Crippen LogP contribution is 2.28. The van der Waals surface area contributed by atoms with Crippen molar-refractivity contribution in [1.82, 2.24) is 5.43 Å². The molecule has 0 spiro atoms. The molecular formula is C18H23BrN2. The average Bonchev–Trinajstić information content (AvgIpc) is 2.48. The first kappa shape index (κ1) is 16.2. The number of rotatable bonds is 5. The Kier molecular flexibility index (Phi) is 5.57. The number of hydrazine groups is 1. The van der Waals surface area contributed by atoms with E-state index in [2.05, 4.69) is 84.6 Å². The Morgan fingerprint density at radius 3 is 2.33 bits per heavy atom. The molecule has 0 bridgehead atoms. The zero-order chi connectivity index (χ0) is 15.4. The topological polar surface area (TPSA) is 38.0 Å². The number of aryl methyl sites for hydroxylation is 1. The van der Waals surface area contributed by atoms with Crippen LogP contribution in [-0.2, 0) is 6.42 Å². The lowest BCUT2D eigenvalue weighted by molar-refractivity contribution is 0.549. The second-order valence-electron chi connectivity index (χ2n) is 5.80. The Hall–Kier alpha value is -1.16. The third kappa shape index (κ3) is 3.94. The van der Waals surface area contributed by atoms with Gasteiger partial charge in [0.2, 0.25) is 0 Å². The summed E-state index contributed by atoms with van der Waals surface area (Å²) in [6.07, 6.45) is 0.872. The van der Waals surface area contributed by atoms with Gasteiger partial charge in [-0.1, -0.05) is 72.2 Å². The first-order valence-electron chi connectivity index (χ1n) is 7.33. The lowest BCUT2D eigenvalue weighted by atomic mass is 9.96. The van der Waals surface area contributed by atoms with Gasteiger partial charge in [0.1, 0.15) is 0 Å². The molecule has 112 valence electrons. The highest BCUT2D eigenvalue weighted by Gasteiger charge is 2.14. The van der Waals surface area contributed by atoms with Gasteiger partial charge in [-0.15, -0.1) is 0 Å². The zero-order valence-corrected chi connectivity index (χ0v) is 14.4. The SMILES string of the molecule is Cc1cccc(C(Cc2ccc(C(C)C)cc2)NN)c1Br. The van der Waals surface area contributed by atoms with Crippen LogP contribution in [0.15, 0.2) is 46.9 Å². The fraction of sp³-hybridized carbons (Fsp3) is 0.333. The third-order valence-electron chi connectivity index (χ3n) is 3.88. The van der Waals surface area contributed by atoms with Crippen molar-refractivity contribution < 1.29 is 0 Å². The summed E-state index contributed by atoms with van der Waals surface area (Å²) in [6.45, 7) is 6.52. The molecule has 3 N–H and O–H groups in total. The van der Waals surface area contributed by atoms with Crippen molar-refractivity contribution in [3.05, 3.63) is 69.2 Å². The predicted molar refractivity (Wildman–Crippen MR) is 93.2 cm³/mol. The normalized spacial score (nSPS) is 12.7. The highest BCUT2D eigenvalue weighted by molar-refractivity contribution is 9.10. The molecule has 2 aromatic carbocycles. The standard InChI is InChI=1S/C18H23BrN2/c1-12(2)15-9-7-14(8-10-15)11-17(21-20)16-6-4-5-13(3)18(16)19/h4-10,12,17,21H,11,20H2,1-3H3. The number of nitrogens with two attached hydrogens (primary N) is 1. The highest BCUT2D eigenvalue weighted by atomic mass is 79.9. The van der Waals surface area contributed by atoms with E-state index in [4.69, 9.17) is 5.84 Å². The van der Waals surface area contributed by atoms with Gasteiger partial charge in [0, 0.05) is 4.47 Å². The minimum atomic E-state index is 0.101. The molecule has 0 saturated heterocycles. The van der Waals surface area contributed by atoms with Crippen LogP contribution in [0.4, 0.5) is 0 Å². The van der Waals surface area contributed by atoms with Gasteiger partial charge in [0.15, 0.2) is 0 Å². The van der Waals surface area contributed by atoms with Crippen molar-refractivity contribution in [1.29, 1.82) is 0 Å². The average molecular weight is 347 g/mol. The molecule has 0 heterocycles. The molecular weight excluding hydrogens is 324 g/mol. The Balaban J connectivity index is 2.21. The summed E-state index contributed by atoms with van der Waals surface area (Å²) >= 11 is 3.67. The molecule has 2 nitrogen and oxygen atoms in total. The summed E-state index contributed by atoms with van der Waals surface area (Å²) < 4.78 is 1.13. The molecule has 0 saturated carbocycles. The number of nitrogens with one attached hydrogen (secondary N) is 1. The molecule has 0 radical (unpaired) electrons. The largest absolute Gasteiger partial charge is 0.271 e. The monoisotopic (exact) mass is 346 g/mol. The zero-order valence-electron chi connectivity index (χ0n) is 12.9. The van der Waals surface area contributed by atoms with Crippen LogP contribution in [0.25, 0.3) is 0 Å². The van der Waals surface area contributed by atoms with Gasteiger partial charge in [-0.3, -0.25) is 11.3 Å². The molecule has 1 unspecified atom stereocenters. The molecule has 0 fully saturated rings. The summed E-state index contributed by atoms with van der Waals surface area (Å²) in [5.74, 6) is 6.34. The number of hydrogen-bond acceptors (Lipinski definition) is 2. The minimum absolute atomic E-state index is 0.101. The van der Waals surface area contributed by atoms with Gasteiger partial charge < -0.3 is 0 Å². The fourth-order valence-electron chi connectivity index (χ4n) is 2.47. The Morgan fingerprint density at radius 1 is 1.10 bits per heavy atom. The molecule has 2 rings (SSSR count). The van der Waals surface area contributed by atoms with E-state index >= 15 is 0 Å². The van der Waals surface area contributed by atoms with Gasteiger partial charge in [-0.2, -0.15) is 0 Å². The lowest BCUT2D eigenvalue weighted by Crippen LogP contribution is -2.30. The van der Waals surface area contributed by atoms with Gasteiger partial charge in [-0.25, -0.2) is 0 Å². The van der Waals surface area contributed by atoms with Crippen LogP contribution in [0.5, 0.6) is 0 Å². The van der Waals surface area contributed by atoms with E-state index < -0.39 is 0 Å². The Morgan fingerprint density at radius 2 is 1.76 bits per heavy atom. The van der Waals surface area contributed by atoms with Crippen molar-refractivity contribution in [2.24, 2.45) is 5.84 Å². The van der Waals surface area contributed by atoms with Crippen molar-refractivity contribution in [2.75, 3.05) is 0 Å². The smallest absolute Gasteiger partial charge is 0.0511 e. The van der Waals surface area contributed by atoms with Crippen LogP contribution in [0.2, 0.25) is 0 Å². The van der Waals surface area contributed by atoms with Crippen molar-refractivity contribution in [2.45, 2.75) is 39.2 Å². The van der Waals surface area contributed by atoms with Crippen molar-refractivity contribution >= 4 is 15.9 Å². The molecule has 1 atom stereocenters. The first-order valence-corrected chi connectivity index (χ1v) is 8.12. The van der Waals surface area contributed by atoms with E-state index in [-0.39, 0.29) is 6.04 Å². The van der Waals surface area contributed by atoms with Crippen LogP contribution in [0.3, 0.4) is 0 Å². The van der Waals surface area contributed by atoms with Crippen molar-refractivity contribution in [3.63, 3.8) is 0 Å². The predicted octanol–water partition coefficient (Wildman–Crippen LogP) is 4.63. The molecule has 2 aromatic rings. The molecule has 0 aliphatic rings. The molecule has 0 amide bonds. The maximum Gasteiger partial charge on any atom is 0.0511 e. The maximum absolute atomic E-state index is 5.78. The first-order chi connectivity index (χ1) is 10.0. The van der Waals surface area contributed by atoms with E-state index in [0.29, 0.717) is 5.92 Å². The molecule has 21 heavy (non-hydrogen) atoms. The summed E-state index contributed by atoms with van der Waals surface area (Å²) in [7, 11) is 0. The van der Waals surface area contributed by atoms with Crippen LogP contribution in [0, 0.1) is 6.92 Å². The van der Waals surface area contributed by atoms with E-state index in [1.54, 1.807) is 0 Å². The Labute approximate surface area is 135 Å². The number of benzene rings is 2. The minimum Gasteiger partial charge on any atom is -0.271 e. The van der Waals surface area contributed by atoms with E-state index in [1.165, 1.54) is 22.3 Å². The number of hydrogen-bond donors (Lipinski definition) is 2.